The monoisotopic (exact) mass is 390 g/mol. The number of hydrogen-bond donors (Lipinski definition) is 1. The second kappa shape index (κ2) is 7.94. The Morgan fingerprint density at radius 3 is 2.38 bits per heavy atom. The molecule has 1 saturated carbocycles. The highest BCUT2D eigenvalue weighted by molar-refractivity contribution is 5.85. The zero-order chi connectivity index (χ0) is 18.2. The summed E-state index contributed by atoms with van der Waals surface area (Å²) in [5, 5.41) is 4.36. The minimum Gasteiger partial charge on any atom is -0.380 e. The van der Waals surface area contributed by atoms with Crippen molar-refractivity contribution in [2.75, 3.05) is 7.11 Å². The Balaban J connectivity index is 0.00000243. The highest BCUT2D eigenvalue weighted by atomic mass is 35.5. The third kappa shape index (κ3) is 4.19. The van der Waals surface area contributed by atoms with E-state index in [1.54, 1.807) is 18.7 Å². The largest absolute Gasteiger partial charge is 0.416 e. The van der Waals surface area contributed by atoms with Gasteiger partial charge in [0.15, 0.2) is 0 Å². The van der Waals surface area contributed by atoms with Crippen molar-refractivity contribution < 1.29 is 17.9 Å². The topological polar surface area (TPSA) is 66.0 Å². The lowest BCUT2D eigenvalue weighted by molar-refractivity contribution is -0.137. The third-order valence-corrected chi connectivity index (χ3v) is 4.68. The van der Waals surface area contributed by atoms with Crippen molar-refractivity contribution in [3.8, 4) is 5.69 Å². The number of aromatic nitrogens is 3. The molecule has 3 rings (SSSR count). The van der Waals surface area contributed by atoms with E-state index in [9.17, 15) is 13.2 Å². The van der Waals surface area contributed by atoms with Crippen LogP contribution in [0.5, 0.6) is 0 Å². The number of methoxy groups -OCH3 is 1. The molecule has 1 aliphatic carbocycles. The molecule has 0 saturated heterocycles. The smallest absolute Gasteiger partial charge is 0.380 e. The maximum atomic E-state index is 12.7. The van der Waals surface area contributed by atoms with Gasteiger partial charge in [-0.25, -0.2) is 9.67 Å². The summed E-state index contributed by atoms with van der Waals surface area (Å²) in [4.78, 5) is 4.50. The van der Waals surface area contributed by atoms with E-state index >= 15 is 0 Å². The normalized spacial score (nSPS) is 23.5. The van der Waals surface area contributed by atoms with E-state index in [0.717, 1.165) is 30.8 Å². The quantitative estimate of drug-likeness (QED) is 0.869. The van der Waals surface area contributed by atoms with Crippen LogP contribution in [0.4, 0.5) is 13.2 Å². The predicted octanol–water partition coefficient (Wildman–Crippen LogP) is 3.63. The first-order valence-corrected chi connectivity index (χ1v) is 8.19. The average molecular weight is 391 g/mol. The molecule has 3 atom stereocenters. The molecule has 2 aromatic rings. The molecule has 2 N–H and O–H groups in total. The number of nitrogens with zero attached hydrogens (tertiary/aromatic N) is 3. The number of aryl methyl sites for hydroxylation is 1. The molecule has 1 heterocycles. The zero-order valence-corrected chi connectivity index (χ0v) is 15.3. The SMILES string of the molecule is CO[C@@H]1CC[C@H](c2nc(C)nn2-c2ccc(C(F)(F)F)cc2)C[C@H]1N.Cl. The van der Waals surface area contributed by atoms with Crippen molar-refractivity contribution in [2.24, 2.45) is 5.73 Å². The van der Waals surface area contributed by atoms with Crippen LogP contribution >= 0.6 is 12.4 Å². The fraction of sp³-hybridized carbons (Fsp3) is 0.529. The molecule has 0 spiro atoms. The van der Waals surface area contributed by atoms with Gasteiger partial charge in [0.1, 0.15) is 11.6 Å². The van der Waals surface area contributed by atoms with Gasteiger partial charge in [-0.15, -0.1) is 12.4 Å². The van der Waals surface area contributed by atoms with Crippen LogP contribution in [0.15, 0.2) is 24.3 Å². The molecule has 5 nitrogen and oxygen atoms in total. The molecule has 1 aromatic carbocycles. The van der Waals surface area contributed by atoms with Crippen molar-refractivity contribution in [1.82, 2.24) is 14.8 Å². The van der Waals surface area contributed by atoms with Crippen LogP contribution in [-0.4, -0.2) is 34.0 Å². The first-order valence-electron chi connectivity index (χ1n) is 8.19. The van der Waals surface area contributed by atoms with Crippen LogP contribution in [0.1, 0.15) is 42.4 Å². The van der Waals surface area contributed by atoms with E-state index in [-0.39, 0.29) is 30.5 Å². The molecule has 0 amide bonds. The molecule has 1 aromatic heterocycles. The van der Waals surface area contributed by atoms with Gasteiger partial charge in [-0.3, -0.25) is 0 Å². The van der Waals surface area contributed by atoms with Crippen molar-refractivity contribution in [1.29, 1.82) is 0 Å². The summed E-state index contributed by atoms with van der Waals surface area (Å²) >= 11 is 0. The van der Waals surface area contributed by atoms with Crippen LogP contribution < -0.4 is 5.73 Å². The molecule has 0 unspecified atom stereocenters. The first-order chi connectivity index (χ1) is 11.8. The molecule has 26 heavy (non-hydrogen) atoms. The van der Waals surface area contributed by atoms with Gasteiger partial charge in [-0.05, 0) is 50.5 Å². The lowest BCUT2D eigenvalue weighted by Gasteiger charge is -2.32. The van der Waals surface area contributed by atoms with E-state index in [4.69, 9.17) is 10.5 Å². The fourth-order valence-corrected chi connectivity index (χ4v) is 3.38. The van der Waals surface area contributed by atoms with Crippen LogP contribution in [0.2, 0.25) is 0 Å². The standard InChI is InChI=1S/C17H21F3N4O.ClH/c1-10-22-16(11-3-8-15(25-2)14(21)9-11)24(23-10)13-6-4-12(5-7-13)17(18,19)20;/h4-7,11,14-15H,3,8-9,21H2,1-2H3;1H/t11-,14+,15+;/m0./s1. The van der Waals surface area contributed by atoms with Crippen LogP contribution in [0.25, 0.3) is 5.69 Å². The van der Waals surface area contributed by atoms with Crippen molar-refractivity contribution in [3.63, 3.8) is 0 Å². The Morgan fingerprint density at radius 1 is 1.19 bits per heavy atom. The number of ether oxygens (including phenoxy) is 1. The Hall–Kier alpha value is -1.64. The summed E-state index contributed by atoms with van der Waals surface area (Å²) < 4.78 is 45.3. The zero-order valence-electron chi connectivity index (χ0n) is 14.5. The van der Waals surface area contributed by atoms with E-state index in [2.05, 4.69) is 10.1 Å². The van der Waals surface area contributed by atoms with E-state index in [0.29, 0.717) is 17.9 Å². The molecule has 1 fully saturated rings. The average Bonchev–Trinajstić information content (AvgIpc) is 2.96. The molecule has 144 valence electrons. The van der Waals surface area contributed by atoms with Gasteiger partial charge in [0, 0.05) is 19.1 Å². The summed E-state index contributed by atoms with van der Waals surface area (Å²) in [7, 11) is 1.65. The number of nitrogens with two attached hydrogens (primary N) is 1. The third-order valence-electron chi connectivity index (χ3n) is 4.68. The second-order valence-electron chi connectivity index (χ2n) is 6.42. The van der Waals surface area contributed by atoms with Gasteiger partial charge in [-0.1, -0.05) is 0 Å². The summed E-state index contributed by atoms with van der Waals surface area (Å²) in [6, 6.07) is 4.86. The first kappa shape index (κ1) is 20.7. The molecular weight excluding hydrogens is 369 g/mol. The van der Waals surface area contributed by atoms with Gasteiger partial charge in [0.2, 0.25) is 0 Å². The molecule has 0 bridgehead atoms. The van der Waals surface area contributed by atoms with Crippen molar-refractivity contribution >= 4 is 12.4 Å². The summed E-state index contributed by atoms with van der Waals surface area (Å²) in [6.07, 6.45) is -1.95. The number of alkyl halides is 3. The Morgan fingerprint density at radius 2 is 1.85 bits per heavy atom. The maximum Gasteiger partial charge on any atom is 0.416 e. The van der Waals surface area contributed by atoms with Crippen molar-refractivity contribution in [3.05, 3.63) is 41.5 Å². The Labute approximate surface area is 156 Å². The van der Waals surface area contributed by atoms with Gasteiger partial charge in [0.25, 0.3) is 0 Å². The molecule has 0 radical (unpaired) electrons. The Kier molecular flexibility index (Phi) is 6.31. The lowest BCUT2D eigenvalue weighted by Crippen LogP contribution is -2.41. The van der Waals surface area contributed by atoms with Crippen molar-refractivity contribution in [2.45, 2.75) is 50.4 Å². The molecule has 1 aliphatic rings. The minimum absolute atomic E-state index is 0. The van der Waals surface area contributed by atoms with Crippen LogP contribution in [-0.2, 0) is 10.9 Å². The highest BCUT2D eigenvalue weighted by Crippen LogP contribution is 2.34. The summed E-state index contributed by atoms with van der Waals surface area (Å²) in [6.45, 7) is 1.77. The summed E-state index contributed by atoms with van der Waals surface area (Å²) in [5.41, 5.74) is 6.05. The van der Waals surface area contributed by atoms with Gasteiger partial charge >= 0.3 is 6.18 Å². The van der Waals surface area contributed by atoms with Crippen LogP contribution in [0, 0.1) is 6.92 Å². The lowest BCUT2D eigenvalue weighted by atomic mass is 9.83. The molecule has 0 aliphatic heterocycles. The van der Waals surface area contributed by atoms with Crippen LogP contribution in [0.3, 0.4) is 0 Å². The predicted molar refractivity (Wildman–Crippen MR) is 93.7 cm³/mol. The van der Waals surface area contributed by atoms with E-state index < -0.39 is 11.7 Å². The highest BCUT2D eigenvalue weighted by Gasteiger charge is 2.33. The number of rotatable bonds is 3. The second-order valence-corrected chi connectivity index (χ2v) is 6.42. The fourth-order valence-electron chi connectivity index (χ4n) is 3.38. The van der Waals surface area contributed by atoms with E-state index in [1.807, 2.05) is 0 Å². The van der Waals surface area contributed by atoms with Gasteiger partial charge < -0.3 is 10.5 Å². The number of hydrogen-bond acceptors (Lipinski definition) is 4. The van der Waals surface area contributed by atoms with Gasteiger partial charge in [0.05, 0.1) is 17.4 Å². The number of benzene rings is 1. The molecule has 9 heteroatoms. The van der Waals surface area contributed by atoms with E-state index in [1.165, 1.54) is 12.1 Å². The molecular formula is C17H22ClF3N4O. The number of halogens is 4. The Bertz CT molecular complexity index is 733. The maximum absolute atomic E-state index is 12.7. The summed E-state index contributed by atoms with van der Waals surface area (Å²) in [5.74, 6) is 1.42. The van der Waals surface area contributed by atoms with Gasteiger partial charge in [-0.2, -0.15) is 18.3 Å². The minimum atomic E-state index is -4.36.